The molecule has 3 aliphatic rings. The molecule has 0 unspecified atom stereocenters. The predicted molar refractivity (Wildman–Crippen MR) is 466 cm³/mol. The summed E-state index contributed by atoms with van der Waals surface area (Å²) in [6.45, 7) is 14.4. The fraction of sp³-hybridized carbons (Fsp3) is 0.0833. The van der Waals surface area contributed by atoms with Crippen LogP contribution in [0.1, 0.15) is 74.9 Å². The first-order chi connectivity index (χ1) is 54.3. The Morgan fingerprint density at radius 2 is 0.333 bits per heavy atom. The Kier molecular flexibility index (Phi) is 14.1. The quantitative estimate of drug-likeness (QED) is 0.135. The molecule has 0 aliphatic heterocycles. The third-order valence-corrected chi connectivity index (χ3v) is 25.2. The highest BCUT2D eigenvalue weighted by Crippen LogP contribution is 2.59. The summed E-state index contributed by atoms with van der Waals surface area (Å²) in [4.78, 5) is 17.1. The summed E-state index contributed by atoms with van der Waals surface area (Å²) in [5.74, 6) is 1.89. The molecule has 0 bridgehead atoms. The van der Waals surface area contributed by atoms with Crippen LogP contribution in [0.15, 0.2) is 346 Å². The van der Waals surface area contributed by atoms with Crippen molar-refractivity contribution >= 4 is 64.6 Å². The standard InChI is InChI=1S/C108H75N3/c1-106(2)91-55-70(49-52-73(91)82-58-85-88(61-94(82)106)100(67-37-19-10-20-38-67)79-46-28-25-43-76(79)97(85)64-31-13-7-14-32-64)103-109-104(71-50-53-74-83-59-86-89(62-95(83)107(3,4)92(74)56-71)101(68-39-21-11-22-40-68)80-47-29-26-44-77(80)98(86)65-33-15-8-16-34-65)111-105(110-103)72-51-54-75-84-60-87-90(63-96(84)108(5,6)93(75)57-72)102(69-41-23-12-24-42-69)81-48-30-27-45-78(81)99(87)66-35-17-9-18-36-66/h7-63H,1-6H3. The van der Waals surface area contributed by atoms with Crippen molar-refractivity contribution in [2.45, 2.75) is 57.8 Å². The normalized spacial score (nSPS) is 13.9. The fourth-order valence-corrected chi connectivity index (χ4v) is 19.9. The maximum atomic E-state index is 5.71. The first-order valence-corrected chi connectivity index (χ1v) is 39.0. The van der Waals surface area contributed by atoms with E-state index in [1.165, 1.54) is 198 Å². The van der Waals surface area contributed by atoms with Gasteiger partial charge in [0.15, 0.2) is 17.5 Å². The number of nitrogens with zero attached hydrogens (tertiary/aromatic N) is 3. The van der Waals surface area contributed by atoms with E-state index in [4.69, 9.17) is 15.0 Å². The Bertz CT molecular complexity index is 6460. The largest absolute Gasteiger partial charge is 0.208 e. The van der Waals surface area contributed by atoms with Crippen molar-refractivity contribution in [3.05, 3.63) is 379 Å². The van der Waals surface area contributed by atoms with Gasteiger partial charge in [-0.2, -0.15) is 0 Å². The lowest BCUT2D eigenvalue weighted by Gasteiger charge is -2.24. The molecular weight excluding hydrogens is 1340 g/mol. The molecule has 0 saturated carbocycles. The second-order valence-electron chi connectivity index (χ2n) is 32.4. The highest BCUT2D eigenvalue weighted by atomic mass is 15.0. The van der Waals surface area contributed by atoms with Crippen LogP contribution in [-0.2, 0) is 16.2 Å². The van der Waals surface area contributed by atoms with Gasteiger partial charge in [0.05, 0.1) is 0 Å². The average molecular weight is 1410 g/mol. The Morgan fingerprint density at radius 1 is 0.153 bits per heavy atom. The van der Waals surface area contributed by atoms with E-state index in [1.807, 2.05) is 0 Å². The van der Waals surface area contributed by atoms with Gasteiger partial charge in [0, 0.05) is 32.9 Å². The molecule has 1 aromatic heterocycles. The summed E-state index contributed by atoms with van der Waals surface area (Å²) in [5.41, 5.74) is 31.5. The third kappa shape index (κ3) is 9.68. The molecule has 0 atom stereocenters. The predicted octanol–water partition coefficient (Wildman–Crippen LogP) is 28.7. The van der Waals surface area contributed by atoms with E-state index < -0.39 is 16.2 Å². The van der Waals surface area contributed by atoms with E-state index in [-0.39, 0.29) is 0 Å². The zero-order valence-electron chi connectivity index (χ0n) is 62.8. The molecule has 22 rings (SSSR count). The van der Waals surface area contributed by atoms with Crippen LogP contribution in [0.4, 0.5) is 0 Å². The van der Waals surface area contributed by atoms with Crippen molar-refractivity contribution in [2.75, 3.05) is 0 Å². The molecule has 0 N–H and O–H groups in total. The van der Waals surface area contributed by atoms with Gasteiger partial charge in [-0.05, 0) is 253 Å². The Balaban J connectivity index is 0.738. The van der Waals surface area contributed by atoms with Gasteiger partial charge in [-0.25, -0.2) is 15.0 Å². The summed E-state index contributed by atoms with van der Waals surface area (Å²) < 4.78 is 0. The smallest absolute Gasteiger partial charge is 0.164 e. The summed E-state index contributed by atoms with van der Waals surface area (Å²) in [5, 5.41) is 14.9. The van der Waals surface area contributed by atoms with Crippen LogP contribution in [0.5, 0.6) is 0 Å². The zero-order valence-corrected chi connectivity index (χ0v) is 62.8. The molecule has 19 aromatic rings. The molecule has 18 aromatic carbocycles. The van der Waals surface area contributed by atoms with Crippen molar-refractivity contribution in [2.24, 2.45) is 0 Å². The van der Waals surface area contributed by atoms with E-state index in [2.05, 4.69) is 387 Å². The van der Waals surface area contributed by atoms with Crippen LogP contribution >= 0.6 is 0 Å². The lowest BCUT2D eigenvalue weighted by atomic mass is 9.79. The highest BCUT2D eigenvalue weighted by molar-refractivity contribution is 6.26. The first-order valence-electron chi connectivity index (χ1n) is 39.0. The Hall–Kier alpha value is -13.5. The molecule has 0 amide bonds. The van der Waals surface area contributed by atoms with Crippen LogP contribution in [0, 0.1) is 0 Å². The number of hydrogen-bond donors (Lipinski definition) is 0. The van der Waals surface area contributed by atoms with Crippen molar-refractivity contribution < 1.29 is 0 Å². The molecule has 1 heterocycles. The van der Waals surface area contributed by atoms with E-state index in [1.54, 1.807) is 0 Å². The molecule has 3 aliphatic carbocycles. The molecule has 0 fully saturated rings. The third-order valence-electron chi connectivity index (χ3n) is 25.2. The van der Waals surface area contributed by atoms with Crippen molar-refractivity contribution in [3.8, 4) is 134 Å². The summed E-state index contributed by atoms with van der Waals surface area (Å²) >= 11 is 0. The van der Waals surface area contributed by atoms with E-state index in [0.717, 1.165) is 16.7 Å². The first kappa shape index (κ1) is 64.7. The van der Waals surface area contributed by atoms with E-state index in [0.29, 0.717) is 17.5 Å². The van der Waals surface area contributed by atoms with Gasteiger partial charge in [0.25, 0.3) is 0 Å². The van der Waals surface area contributed by atoms with Crippen molar-refractivity contribution in [1.29, 1.82) is 0 Å². The summed E-state index contributed by atoms with van der Waals surface area (Å²) in [6.07, 6.45) is 0. The van der Waals surface area contributed by atoms with Crippen LogP contribution in [0.25, 0.3) is 199 Å². The van der Waals surface area contributed by atoms with Gasteiger partial charge in [-0.15, -0.1) is 0 Å². The van der Waals surface area contributed by atoms with Crippen molar-refractivity contribution in [1.82, 2.24) is 15.0 Å². The number of rotatable bonds is 9. The molecule has 3 heteroatoms. The summed E-state index contributed by atoms with van der Waals surface area (Å²) in [6, 6.07) is 129. The second kappa shape index (κ2) is 24.3. The number of fused-ring (bicyclic) bond motifs is 15. The molecular formula is C108H75N3. The second-order valence-corrected chi connectivity index (χ2v) is 32.4. The SMILES string of the molecule is CC1(C)c2cc(-c3nc(-c4ccc5c(c4)C(C)(C)c4cc6c(-c7ccccc7)c7ccccc7c(-c7ccccc7)c6cc4-5)nc(-c4ccc5c(c4)C(C)(C)c4cc6c(-c7ccccc7)c7ccccc7c(-c7ccccc7)c6cc4-5)n3)ccc2-c2cc3c(-c4ccccc4)c4ccccc4c(-c4ccccc4)c3cc21. The molecule has 522 valence electrons. The molecule has 111 heavy (non-hydrogen) atoms. The maximum absolute atomic E-state index is 5.71. The number of benzene rings is 18. The number of hydrogen-bond acceptors (Lipinski definition) is 3. The lowest BCUT2D eigenvalue weighted by molar-refractivity contribution is 0.661. The monoisotopic (exact) mass is 1410 g/mol. The van der Waals surface area contributed by atoms with Crippen LogP contribution < -0.4 is 0 Å². The lowest BCUT2D eigenvalue weighted by Crippen LogP contribution is -2.15. The summed E-state index contributed by atoms with van der Waals surface area (Å²) in [7, 11) is 0. The topological polar surface area (TPSA) is 38.7 Å². The van der Waals surface area contributed by atoms with Crippen LogP contribution in [-0.4, -0.2) is 15.0 Å². The maximum Gasteiger partial charge on any atom is 0.164 e. The fourth-order valence-electron chi connectivity index (χ4n) is 19.9. The molecule has 0 spiro atoms. The molecule has 0 radical (unpaired) electrons. The molecule has 0 saturated heterocycles. The van der Waals surface area contributed by atoms with Gasteiger partial charge >= 0.3 is 0 Å². The van der Waals surface area contributed by atoms with Gasteiger partial charge in [-0.3, -0.25) is 0 Å². The minimum atomic E-state index is -0.399. The van der Waals surface area contributed by atoms with Gasteiger partial charge in [0.2, 0.25) is 0 Å². The average Bonchev–Trinajstić information content (AvgIpc) is 1.64. The highest BCUT2D eigenvalue weighted by Gasteiger charge is 2.41. The Morgan fingerprint density at radius 3 is 0.541 bits per heavy atom. The minimum absolute atomic E-state index is 0.399. The van der Waals surface area contributed by atoms with Gasteiger partial charge in [-0.1, -0.05) is 333 Å². The van der Waals surface area contributed by atoms with E-state index >= 15 is 0 Å². The van der Waals surface area contributed by atoms with Crippen molar-refractivity contribution in [3.63, 3.8) is 0 Å². The van der Waals surface area contributed by atoms with Gasteiger partial charge < -0.3 is 0 Å². The van der Waals surface area contributed by atoms with Crippen LogP contribution in [0.3, 0.4) is 0 Å². The minimum Gasteiger partial charge on any atom is -0.208 e. The Labute approximate surface area is 646 Å². The zero-order chi connectivity index (χ0) is 74.2. The number of aromatic nitrogens is 3. The van der Waals surface area contributed by atoms with Crippen LogP contribution in [0.2, 0.25) is 0 Å². The van der Waals surface area contributed by atoms with Gasteiger partial charge in [0.1, 0.15) is 0 Å². The molecule has 3 nitrogen and oxygen atoms in total. The van der Waals surface area contributed by atoms with E-state index in [9.17, 15) is 0 Å².